The van der Waals surface area contributed by atoms with Crippen LogP contribution in [0.25, 0.3) is 0 Å². The summed E-state index contributed by atoms with van der Waals surface area (Å²) in [6, 6.07) is 3.33. The van der Waals surface area contributed by atoms with Gasteiger partial charge in [0.25, 0.3) is 15.9 Å². The molecule has 3 aromatic heterocycles. The van der Waals surface area contributed by atoms with Gasteiger partial charge in [0.05, 0.1) is 29.9 Å². The first kappa shape index (κ1) is 21.5. The Kier molecular flexibility index (Phi) is 5.92. The van der Waals surface area contributed by atoms with Gasteiger partial charge in [-0.3, -0.25) is 14.2 Å². The van der Waals surface area contributed by atoms with E-state index in [0.29, 0.717) is 17.0 Å². The summed E-state index contributed by atoms with van der Waals surface area (Å²) in [6.45, 7) is 1.77. The van der Waals surface area contributed by atoms with Gasteiger partial charge in [-0.1, -0.05) is 0 Å². The summed E-state index contributed by atoms with van der Waals surface area (Å²) in [7, 11) is -4.31. The Morgan fingerprint density at radius 2 is 2.03 bits per heavy atom. The lowest BCUT2D eigenvalue weighted by Crippen LogP contribution is -2.25. The highest BCUT2D eigenvalue weighted by atomic mass is 32.2. The van der Waals surface area contributed by atoms with Crippen molar-refractivity contribution in [1.29, 1.82) is 0 Å². The average molecular weight is 442 g/mol. The van der Waals surface area contributed by atoms with Gasteiger partial charge >= 0.3 is 6.55 Å². The van der Waals surface area contributed by atoms with Crippen LogP contribution in [0.4, 0.5) is 14.5 Å². The molecule has 0 aromatic carbocycles. The van der Waals surface area contributed by atoms with Crippen LogP contribution in [0.3, 0.4) is 0 Å². The number of hydrogen-bond acceptors (Lipinski definition) is 6. The number of aromatic nitrogens is 4. The first-order chi connectivity index (χ1) is 14.1. The second-order valence-electron chi connectivity index (χ2n) is 6.34. The number of carbonyl (C=O) groups is 1. The normalized spacial score (nSPS) is 11.8. The Morgan fingerprint density at radius 3 is 2.60 bits per heavy atom. The fraction of sp³-hybridized carbons (Fsp3) is 0.353. The molecular weight excluding hydrogens is 422 g/mol. The van der Waals surface area contributed by atoms with Gasteiger partial charge in [0, 0.05) is 12.7 Å². The van der Waals surface area contributed by atoms with E-state index in [4.69, 9.17) is 4.42 Å². The van der Waals surface area contributed by atoms with Crippen LogP contribution in [0.5, 0.6) is 0 Å². The molecule has 3 aromatic rings. The molecule has 0 aliphatic rings. The van der Waals surface area contributed by atoms with Crippen molar-refractivity contribution in [3.63, 3.8) is 0 Å². The fourth-order valence-electron chi connectivity index (χ4n) is 2.91. The van der Waals surface area contributed by atoms with E-state index in [-0.39, 0.29) is 34.2 Å². The lowest BCUT2D eigenvalue weighted by Gasteiger charge is -2.09. The third kappa shape index (κ3) is 4.20. The molecule has 2 N–H and O–H groups in total. The average Bonchev–Trinajstić information content (AvgIpc) is 3.38. The Balaban J connectivity index is 1.91. The third-order valence-corrected chi connectivity index (χ3v) is 5.88. The number of anilines is 1. The van der Waals surface area contributed by atoms with Crippen LogP contribution in [-0.4, -0.2) is 33.9 Å². The largest absolute Gasteiger partial charge is 0.467 e. The third-order valence-electron chi connectivity index (χ3n) is 4.26. The predicted octanol–water partition coefficient (Wildman–Crippen LogP) is 2.44. The summed E-state index contributed by atoms with van der Waals surface area (Å²) in [5.74, 6) is -0.126. The first-order valence-electron chi connectivity index (χ1n) is 8.88. The molecule has 0 radical (unpaired) electrons. The van der Waals surface area contributed by atoms with Gasteiger partial charge in [-0.15, -0.1) is 0 Å². The zero-order valence-electron chi connectivity index (χ0n) is 16.4. The summed E-state index contributed by atoms with van der Waals surface area (Å²) < 4.78 is 61.1. The van der Waals surface area contributed by atoms with Crippen molar-refractivity contribution in [2.24, 2.45) is 0 Å². The molecule has 162 valence electrons. The number of sulfonamides is 1. The molecule has 0 unspecified atom stereocenters. The van der Waals surface area contributed by atoms with Crippen LogP contribution in [0.2, 0.25) is 0 Å². The van der Waals surface area contributed by atoms with Crippen molar-refractivity contribution >= 4 is 21.6 Å². The summed E-state index contributed by atoms with van der Waals surface area (Å²) in [6.07, 6.45) is 2.80. The highest BCUT2D eigenvalue weighted by Gasteiger charge is 2.29. The summed E-state index contributed by atoms with van der Waals surface area (Å²) in [5, 5.41) is 10.3. The summed E-state index contributed by atoms with van der Waals surface area (Å²) >= 11 is 0. The molecule has 3 rings (SSSR count). The minimum absolute atomic E-state index is 0.0797. The number of aryl methyl sites for hydroxylation is 2. The minimum Gasteiger partial charge on any atom is -0.467 e. The van der Waals surface area contributed by atoms with E-state index in [1.54, 1.807) is 19.1 Å². The maximum atomic E-state index is 13.1. The van der Waals surface area contributed by atoms with Gasteiger partial charge in [-0.2, -0.15) is 19.0 Å². The van der Waals surface area contributed by atoms with E-state index in [0.717, 1.165) is 0 Å². The Hall–Kier alpha value is -3.22. The first-order valence-corrected chi connectivity index (χ1v) is 10.4. The number of furan rings is 1. The number of carbonyl (C=O) groups excluding carboxylic acids is 1. The molecule has 0 bridgehead atoms. The van der Waals surface area contributed by atoms with E-state index in [2.05, 4.69) is 20.2 Å². The van der Waals surface area contributed by atoms with Gasteiger partial charge < -0.3 is 9.73 Å². The SMILES string of the molecule is CCn1cc(NS(=O)(=O)c2c(C)nn(C(F)F)c2C)c(C(=O)NCc2ccco2)n1. The zero-order valence-corrected chi connectivity index (χ0v) is 17.2. The highest BCUT2D eigenvalue weighted by molar-refractivity contribution is 7.92. The number of hydrogen-bond donors (Lipinski definition) is 2. The number of nitrogens with one attached hydrogen (secondary N) is 2. The molecule has 1 amide bonds. The highest BCUT2D eigenvalue weighted by Crippen LogP contribution is 2.26. The zero-order chi connectivity index (χ0) is 22.1. The molecular formula is C17H20F2N6O4S. The molecule has 0 atom stereocenters. The Morgan fingerprint density at radius 1 is 1.30 bits per heavy atom. The molecule has 0 fully saturated rings. The van der Waals surface area contributed by atoms with E-state index in [9.17, 15) is 22.0 Å². The van der Waals surface area contributed by atoms with Crippen molar-refractivity contribution < 1.29 is 26.4 Å². The Labute approximate surface area is 170 Å². The molecule has 30 heavy (non-hydrogen) atoms. The standard InChI is InChI=1S/C17H20F2N6O4S/c1-4-24-9-13(14(22-24)16(26)20-8-12-6-5-7-29-12)23-30(27,28)15-10(2)21-25(11(15)3)17(18)19/h5-7,9,17,23H,4,8H2,1-3H3,(H,20,26). The van der Waals surface area contributed by atoms with Crippen molar-refractivity contribution in [2.75, 3.05) is 4.72 Å². The molecule has 0 aliphatic heterocycles. The molecule has 0 saturated heterocycles. The molecule has 0 aliphatic carbocycles. The van der Waals surface area contributed by atoms with Gasteiger partial charge in [0.15, 0.2) is 5.69 Å². The maximum absolute atomic E-state index is 13.1. The topological polar surface area (TPSA) is 124 Å². The maximum Gasteiger partial charge on any atom is 0.333 e. The lowest BCUT2D eigenvalue weighted by atomic mass is 10.3. The van der Waals surface area contributed by atoms with Crippen LogP contribution in [0.1, 0.15) is 41.1 Å². The van der Waals surface area contributed by atoms with E-state index in [1.807, 2.05) is 0 Å². The smallest absolute Gasteiger partial charge is 0.333 e. The molecule has 0 spiro atoms. The summed E-state index contributed by atoms with van der Waals surface area (Å²) in [5.41, 5.74) is -0.561. The number of amides is 1. The van der Waals surface area contributed by atoms with Gasteiger partial charge in [0.2, 0.25) is 0 Å². The Bertz CT molecular complexity index is 1150. The fourth-order valence-corrected chi connectivity index (χ4v) is 4.37. The molecule has 0 saturated carbocycles. The monoisotopic (exact) mass is 442 g/mol. The van der Waals surface area contributed by atoms with Crippen molar-refractivity contribution in [2.45, 2.75) is 45.3 Å². The molecule has 10 nitrogen and oxygen atoms in total. The minimum atomic E-state index is -4.31. The van der Waals surface area contributed by atoms with Crippen molar-refractivity contribution in [3.8, 4) is 0 Å². The van der Waals surface area contributed by atoms with Crippen LogP contribution in [-0.2, 0) is 23.1 Å². The predicted molar refractivity (Wildman–Crippen MR) is 102 cm³/mol. The second-order valence-corrected chi connectivity index (χ2v) is 7.96. The lowest BCUT2D eigenvalue weighted by molar-refractivity contribution is 0.0538. The van der Waals surface area contributed by atoms with Gasteiger partial charge in [-0.05, 0) is 32.9 Å². The molecule has 3 heterocycles. The van der Waals surface area contributed by atoms with Crippen molar-refractivity contribution in [3.05, 3.63) is 47.4 Å². The number of halogens is 2. The quantitative estimate of drug-likeness (QED) is 0.552. The van der Waals surface area contributed by atoms with Crippen LogP contribution in [0, 0.1) is 13.8 Å². The number of nitrogens with zero attached hydrogens (tertiary/aromatic N) is 4. The van der Waals surface area contributed by atoms with E-state index in [1.165, 1.54) is 31.0 Å². The van der Waals surface area contributed by atoms with Crippen molar-refractivity contribution in [1.82, 2.24) is 24.9 Å². The second kappa shape index (κ2) is 8.26. The summed E-state index contributed by atoms with van der Waals surface area (Å²) in [4.78, 5) is 12.2. The number of rotatable bonds is 8. The van der Waals surface area contributed by atoms with E-state index >= 15 is 0 Å². The van der Waals surface area contributed by atoms with Gasteiger partial charge in [-0.25, -0.2) is 13.1 Å². The van der Waals surface area contributed by atoms with E-state index < -0.39 is 22.5 Å². The van der Waals surface area contributed by atoms with Crippen LogP contribution in [0.15, 0.2) is 33.9 Å². The van der Waals surface area contributed by atoms with Crippen LogP contribution >= 0.6 is 0 Å². The molecule has 13 heteroatoms. The number of alkyl halides is 2. The van der Waals surface area contributed by atoms with Gasteiger partial charge in [0.1, 0.15) is 10.7 Å². The van der Waals surface area contributed by atoms with Crippen LogP contribution < -0.4 is 10.0 Å².